The number of sulfonamides is 1. The lowest BCUT2D eigenvalue weighted by atomic mass is 9.96. The van der Waals surface area contributed by atoms with Gasteiger partial charge in [0.15, 0.2) is 5.13 Å². The molecule has 1 aliphatic heterocycles. The molecule has 4 aromatic rings. The molecule has 0 radical (unpaired) electrons. The standard InChI is InChI=1S/C26H25BrN4O3S2/c1-18-4-7-22(8-5-18)36(33,34)30-13-10-20(11-14-30)25(32)31(17-19-3-2-12-28-16-19)26-29-23-9-6-21(27)15-24(23)35-26/h2-9,12,15-16,20H,10-11,13-14,17H2,1H3. The number of thiazole rings is 1. The molecule has 1 saturated heterocycles. The summed E-state index contributed by atoms with van der Waals surface area (Å²) in [4.78, 5) is 24.8. The Morgan fingerprint density at radius 2 is 1.89 bits per heavy atom. The molecule has 0 aliphatic carbocycles. The number of carbonyl (C=O) groups is 1. The predicted molar refractivity (Wildman–Crippen MR) is 145 cm³/mol. The first-order chi connectivity index (χ1) is 17.3. The topological polar surface area (TPSA) is 83.5 Å². The van der Waals surface area contributed by atoms with E-state index in [1.165, 1.54) is 15.6 Å². The van der Waals surface area contributed by atoms with Gasteiger partial charge in [0.2, 0.25) is 15.9 Å². The maximum atomic E-state index is 13.8. The number of aromatic nitrogens is 2. The van der Waals surface area contributed by atoms with Crippen molar-refractivity contribution in [3.8, 4) is 0 Å². The second kappa shape index (κ2) is 10.4. The number of amides is 1. The van der Waals surface area contributed by atoms with Crippen molar-refractivity contribution in [1.82, 2.24) is 14.3 Å². The molecule has 0 atom stereocenters. The Hall–Kier alpha value is -2.66. The lowest BCUT2D eigenvalue weighted by molar-refractivity contribution is -0.123. The Bertz CT molecular complexity index is 1480. The summed E-state index contributed by atoms with van der Waals surface area (Å²) in [6.07, 6.45) is 4.38. The van der Waals surface area contributed by atoms with Crippen LogP contribution in [0.25, 0.3) is 10.2 Å². The summed E-state index contributed by atoms with van der Waals surface area (Å²) in [6, 6.07) is 16.5. The molecular formula is C26H25BrN4O3S2. The number of piperidine rings is 1. The summed E-state index contributed by atoms with van der Waals surface area (Å²) in [7, 11) is -3.58. The van der Waals surface area contributed by atoms with Crippen molar-refractivity contribution in [3.05, 3.63) is 82.6 Å². The van der Waals surface area contributed by atoms with E-state index in [4.69, 9.17) is 4.98 Å². The molecule has 3 heterocycles. The van der Waals surface area contributed by atoms with Crippen LogP contribution >= 0.6 is 27.3 Å². The number of aryl methyl sites for hydroxylation is 1. The zero-order valence-electron chi connectivity index (χ0n) is 19.7. The van der Waals surface area contributed by atoms with Crippen LogP contribution in [0.2, 0.25) is 0 Å². The first-order valence-corrected chi connectivity index (χ1v) is 14.7. The number of anilines is 1. The minimum Gasteiger partial charge on any atom is -0.283 e. The summed E-state index contributed by atoms with van der Waals surface area (Å²) >= 11 is 4.97. The number of halogens is 1. The molecule has 0 spiro atoms. The van der Waals surface area contributed by atoms with Crippen LogP contribution in [0.4, 0.5) is 5.13 Å². The minimum absolute atomic E-state index is 0.0376. The smallest absolute Gasteiger partial charge is 0.243 e. The number of rotatable bonds is 6. The number of carbonyl (C=O) groups excluding carboxylic acids is 1. The highest BCUT2D eigenvalue weighted by molar-refractivity contribution is 9.10. The second-order valence-corrected chi connectivity index (χ2v) is 12.7. The van der Waals surface area contributed by atoms with Gasteiger partial charge in [0.25, 0.3) is 0 Å². The summed E-state index contributed by atoms with van der Waals surface area (Å²) < 4.78 is 29.7. The highest BCUT2D eigenvalue weighted by Crippen LogP contribution is 2.34. The quantitative estimate of drug-likeness (QED) is 0.303. The summed E-state index contributed by atoms with van der Waals surface area (Å²) in [5.74, 6) is -0.325. The first-order valence-electron chi connectivity index (χ1n) is 11.6. The van der Waals surface area contributed by atoms with Crippen LogP contribution in [-0.2, 0) is 21.4 Å². The third-order valence-corrected chi connectivity index (χ3v) is 9.81. The second-order valence-electron chi connectivity index (χ2n) is 8.89. The number of nitrogens with zero attached hydrogens (tertiary/aromatic N) is 4. The minimum atomic E-state index is -3.58. The zero-order chi connectivity index (χ0) is 25.3. The molecule has 186 valence electrons. The molecule has 0 saturated carbocycles. The molecule has 5 rings (SSSR count). The molecule has 0 N–H and O–H groups in total. The lowest BCUT2D eigenvalue weighted by Crippen LogP contribution is -2.44. The van der Waals surface area contributed by atoms with Gasteiger partial charge in [-0.2, -0.15) is 4.31 Å². The van der Waals surface area contributed by atoms with Gasteiger partial charge in [-0.15, -0.1) is 0 Å². The van der Waals surface area contributed by atoms with E-state index in [-0.39, 0.29) is 16.7 Å². The van der Waals surface area contributed by atoms with Crippen LogP contribution < -0.4 is 4.90 Å². The molecule has 0 unspecified atom stereocenters. The molecular weight excluding hydrogens is 560 g/mol. The van der Waals surface area contributed by atoms with Gasteiger partial charge in [-0.05, 0) is 61.7 Å². The fourth-order valence-corrected chi connectivity index (χ4v) is 7.33. The van der Waals surface area contributed by atoms with Crippen LogP contribution in [0.1, 0.15) is 24.0 Å². The third kappa shape index (κ3) is 5.22. The van der Waals surface area contributed by atoms with Crippen LogP contribution in [0.15, 0.2) is 76.4 Å². The van der Waals surface area contributed by atoms with E-state index in [0.717, 1.165) is 25.8 Å². The predicted octanol–water partition coefficient (Wildman–Crippen LogP) is 5.40. The van der Waals surface area contributed by atoms with Crippen LogP contribution in [0.3, 0.4) is 0 Å². The van der Waals surface area contributed by atoms with Crippen molar-refractivity contribution in [2.45, 2.75) is 31.2 Å². The molecule has 1 fully saturated rings. The number of benzene rings is 2. The highest BCUT2D eigenvalue weighted by Gasteiger charge is 2.35. The molecule has 7 nitrogen and oxygen atoms in total. The van der Waals surface area contributed by atoms with Gasteiger partial charge in [-0.1, -0.05) is 51.0 Å². The summed E-state index contributed by atoms with van der Waals surface area (Å²) in [6.45, 7) is 2.89. The molecule has 36 heavy (non-hydrogen) atoms. The number of hydrogen-bond donors (Lipinski definition) is 0. The summed E-state index contributed by atoms with van der Waals surface area (Å²) in [5.41, 5.74) is 2.75. The van der Waals surface area contributed by atoms with Crippen molar-refractivity contribution < 1.29 is 13.2 Å². The maximum absolute atomic E-state index is 13.8. The van der Waals surface area contributed by atoms with Crippen molar-refractivity contribution in [1.29, 1.82) is 0 Å². The Balaban J connectivity index is 1.37. The normalized spacial score (nSPS) is 15.3. The van der Waals surface area contributed by atoms with Gasteiger partial charge in [-0.25, -0.2) is 13.4 Å². The first kappa shape index (κ1) is 25.0. The van der Waals surface area contributed by atoms with E-state index in [0.29, 0.717) is 37.6 Å². The SMILES string of the molecule is Cc1ccc(S(=O)(=O)N2CCC(C(=O)N(Cc3cccnc3)c3nc4ccc(Br)cc4s3)CC2)cc1. The van der Waals surface area contributed by atoms with Crippen molar-refractivity contribution >= 4 is 58.5 Å². The van der Waals surface area contributed by atoms with Crippen LogP contribution in [0.5, 0.6) is 0 Å². The Labute approximate surface area is 223 Å². The Kier molecular flexibility index (Phi) is 7.21. The number of pyridine rings is 1. The zero-order valence-corrected chi connectivity index (χ0v) is 22.9. The molecule has 2 aromatic carbocycles. The van der Waals surface area contributed by atoms with Crippen molar-refractivity contribution in [2.24, 2.45) is 5.92 Å². The van der Waals surface area contributed by atoms with Gasteiger partial charge in [0.1, 0.15) is 0 Å². The third-order valence-electron chi connectivity index (χ3n) is 6.36. The van der Waals surface area contributed by atoms with Crippen LogP contribution in [-0.4, -0.2) is 41.7 Å². The van der Waals surface area contributed by atoms with Crippen molar-refractivity contribution in [3.63, 3.8) is 0 Å². The molecule has 0 bridgehead atoms. The molecule has 2 aromatic heterocycles. The number of hydrogen-bond acceptors (Lipinski definition) is 6. The highest BCUT2D eigenvalue weighted by atomic mass is 79.9. The maximum Gasteiger partial charge on any atom is 0.243 e. The fourth-order valence-electron chi connectivity index (χ4n) is 4.34. The summed E-state index contributed by atoms with van der Waals surface area (Å²) in [5, 5.41) is 0.631. The van der Waals surface area contributed by atoms with E-state index in [2.05, 4.69) is 20.9 Å². The van der Waals surface area contributed by atoms with Crippen molar-refractivity contribution in [2.75, 3.05) is 18.0 Å². The molecule has 1 aliphatic rings. The molecule has 1 amide bonds. The average Bonchev–Trinajstić information content (AvgIpc) is 3.31. The Morgan fingerprint density at radius 1 is 1.14 bits per heavy atom. The van der Waals surface area contributed by atoms with Gasteiger partial charge >= 0.3 is 0 Å². The van der Waals surface area contributed by atoms with E-state index in [9.17, 15) is 13.2 Å². The van der Waals surface area contributed by atoms with E-state index >= 15 is 0 Å². The van der Waals surface area contributed by atoms with E-state index in [1.807, 2.05) is 37.3 Å². The largest absolute Gasteiger partial charge is 0.283 e. The lowest BCUT2D eigenvalue weighted by Gasteiger charge is -2.33. The van der Waals surface area contributed by atoms with Gasteiger partial charge in [0.05, 0.1) is 21.7 Å². The number of fused-ring (bicyclic) bond motifs is 1. The van der Waals surface area contributed by atoms with Gasteiger partial charge < -0.3 is 0 Å². The average molecular weight is 586 g/mol. The Morgan fingerprint density at radius 3 is 2.58 bits per heavy atom. The van der Waals surface area contributed by atoms with Gasteiger partial charge in [-0.3, -0.25) is 14.7 Å². The van der Waals surface area contributed by atoms with E-state index in [1.54, 1.807) is 41.6 Å². The fraction of sp³-hybridized carbons (Fsp3) is 0.269. The van der Waals surface area contributed by atoms with E-state index < -0.39 is 10.0 Å². The monoisotopic (exact) mass is 584 g/mol. The van der Waals surface area contributed by atoms with Crippen LogP contribution in [0, 0.1) is 12.8 Å². The molecule has 10 heteroatoms. The van der Waals surface area contributed by atoms with Gasteiger partial charge in [0, 0.05) is 35.9 Å².